The Labute approximate surface area is 90.4 Å². The van der Waals surface area contributed by atoms with Crippen molar-refractivity contribution in [3.63, 3.8) is 0 Å². The summed E-state index contributed by atoms with van der Waals surface area (Å²) < 4.78 is 0. The van der Waals surface area contributed by atoms with Crippen LogP contribution in [-0.4, -0.2) is 11.5 Å². The molecule has 0 aliphatic heterocycles. The maximum Gasteiger partial charge on any atom is 0.274 e. The molecule has 1 aromatic carbocycles. The van der Waals surface area contributed by atoms with Crippen LogP contribution in [0, 0.1) is 6.92 Å². The lowest BCUT2D eigenvalue weighted by molar-refractivity contribution is -0.0589. The second kappa shape index (κ2) is 4.45. The standard InChI is InChI=1S/C12H17NO2/c1-9-6-5-7-10(8-9)11(14)13-15-12(2,3)4/h5-8H,1-4H3,(H,13,14). The molecule has 15 heavy (non-hydrogen) atoms. The number of nitrogens with one attached hydrogen (secondary N) is 1. The summed E-state index contributed by atoms with van der Waals surface area (Å²) in [6.07, 6.45) is 0. The van der Waals surface area contributed by atoms with E-state index in [0.29, 0.717) is 5.56 Å². The molecule has 0 saturated heterocycles. The molecule has 0 spiro atoms. The zero-order valence-corrected chi connectivity index (χ0v) is 9.63. The van der Waals surface area contributed by atoms with Crippen molar-refractivity contribution in [2.45, 2.75) is 33.3 Å². The Kier molecular flexibility index (Phi) is 3.48. The topological polar surface area (TPSA) is 38.3 Å². The van der Waals surface area contributed by atoms with E-state index in [0.717, 1.165) is 5.56 Å². The van der Waals surface area contributed by atoms with Crippen molar-refractivity contribution in [2.75, 3.05) is 0 Å². The molecule has 82 valence electrons. The van der Waals surface area contributed by atoms with Crippen LogP contribution in [0.5, 0.6) is 0 Å². The van der Waals surface area contributed by atoms with Crippen LogP contribution in [0.25, 0.3) is 0 Å². The fourth-order valence-electron chi connectivity index (χ4n) is 1.04. The van der Waals surface area contributed by atoms with Crippen molar-refractivity contribution in [1.82, 2.24) is 5.48 Å². The summed E-state index contributed by atoms with van der Waals surface area (Å²) in [7, 11) is 0. The second-order valence-corrected chi connectivity index (χ2v) is 4.52. The molecule has 3 nitrogen and oxygen atoms in total. The monoisotopic (exact) mass is 207 g/mol. The molecule has 1 rings (SSSR count). The van der Waals surface area contributed by atoms with Crippen molar-refractivity contribution in [3.05, 3.63) is 35.4 Å². The Morgan fingerprint density at radius 1 is 1.33 bits per heavy atom. The lowest BCUT2D eigenvalue weighted by atomic mass is 10.1. The van der Waals surface area contributed by atoms with E-state index in [1.165, 1.54) is 0 Å². The molecule has 0 radical (unpaired) electrons. The third-order valence-corrected chi connectivity index (χ3v) is 1.73. The van der Waals surface area contributed by atoms with Gasteiger partial charge in [0.1, 0.15) is 0 Å². The highest BCUT2D eigenvalue weighted by Crippen LogP contribution is 2.07. The molecule has 0 unspecified atom stereocenters. The van der Waals surface area contributed by atoms with Crippen molar-refractivity contribution >= 4 is 5.91 Å². The highest BCUT2D eigenvalue weighted by molar-refractivity contribution is 5.93. The smallest absolute Gasteiger partial charge is 0.268 e. The average Bonchev–Trinajstić information content (AvgIpc) is 2.13. The fraction of sp³-hybridized carbons (Fsp3) is 0.417. The zero-order chi connectivity index (χ0) is 11.5. The number of carbonyl (C=O) groups excluding carboxylic acids is 1. The molecule has 0 aliphatic rings. The van der Waals surface area contributed by atoms with Crippen LogP contribution < -0.4 is 5.48 Å². The van der Waals surface area contributed by atoms with E-state index in [1.807, 2.05) is 45.9 Å². The first kappa shape index (κ1) is 11.7. The van der Waals surface area contributed by atoms with Gasteiger partial charge in [0.2, 0.25) is 0 Å². The summed E-state index contributed by atoms with van der Waals surface area (Å²) in [5.74, 6) is -0.214. The number of benzene rings is 1. The minimum absolute atomic E-state index is 0.214. The number of hydrogen-bond donors (Lipinski definition) is 1. The van der Waals surface area contributed by atoms with Gasteiger partial charge in [0.05, 0.1) is 5.60 Å². The van der Waals surface area contributed by atoms with E-state index in [9.17, 15) is 4.79 Å². The van der Waals surface area contributed by atoms with Gasteiger partial charge in [0.15, 0.2) is 0 Å². The third-order valence-electron chi connectivity index (χ3n) is 1.73. The number of amides is 1. The van der Waals surface area contributed by atoms with Gasteiger partial charge in [-0.05, 0) is 39.8 Å². The van der Waals surface area contributed by atoms with Gasteiger partial charge in [-0.1, -0.05) is 17.7 Å². The van der Waals surface area contributed by atoms with Crippen LogP contribution in [-0.2, 0) is 4.84 Å². The fourth-order valence-corrected chi connectivity index (χ4v) is 1.04. The molecule has 3 heteroatoms. The molecule has 0 aliphatic carbocycles. The first-order valence-corrected chi connectivity index (χ1v) is 4.93. The van der Waals surface area contributed by atoms with E-state index in [1.54, 1.807) is 6.07 Å². The zero-order valence-electron chi connectivity index (χ0n) is 9.63. The minimum Gasteiger partial charge on any atom is -0.268 e. The molecule has 1 amide bonds. The van der Waals surface area contributed by atoms with E-state index in [4.69, 9.17) is 4.84 Å². The number of aryl methyl sites for hydroxylation is 1. The Bertz CT molecular complexity index is 353. The van der Waals surface area contributed by atoms with Gasteiger partial charge in [-0.25, -0.2) is 5.48 Å². The lowest BCUT2D eigenvalue weighted by Gasteiger charge is -2.18. The quantitative estimate of drug-likeness (QED) is 0.756. The molecular weight excluding hydrogens is 190 g/mol. The largest absolute Gasteiger partial charge is 0.274 e. The van der Waals surface area contributed by atoms with Gasteiger partial charge < -0.3 is 0 Å². The second-order valence-electron chi connectivity index (χ2n) is 4.52. The summed E-state index contributed by atoms with van der Waals surface area (Å²) in [5.41, 5.74) is 3.72. The van der Waals surface area contributed by atoms with Gasteiger partial charge >= 0.3 is 0 Å². The van der Waals surface area contributed by atoms with E-state index >= 15 is 0 Å². The minimum atomic E-state index is -0.376. The highest BCUT2D eigenvalue weighted by Gasteiger charge is 2.13. The molecule has 1 N–H and O–H groups in total. The molecule has 0 heterocycles. The molecular formula is C12H17NO2. The van der Waals surface area contributed by atoms with E-state index < -0.39 is 0 Å². The number of hydroxylamine groups is 1. The Hall–Kier alpha value is -1.35. The lowest BCUT2D eigenvalue weighted by Crippen LogP contribution is -2.33. The summed E-state index contributed by atoms with van der Waals surface area (Å²) in [4.78, 5) is 16.8. The molecule has 0 atom stereocenters. The van der Waals surface area contributed by atoms with Crippen LogP contribution in [0.2, 0.25) is 0 Å². The molecule has 1 aromatic rings. The summed E-state index contributed by atoms with van der Waals surface area (Å²) >= 11 is 0. The van der Waals surface area contributed by atoms with Crippen molar-refractivity contribution in [1.29, 1.82) is 0 Å². The van der Waals surface area contributed by atoms with E-state index in [2.05, 4.69) is 5.48 Å². The first-order chi connectivity index (χ1) is 6.88. The van der Waals surface area contributed by atoms with Crippen molar-refractivity contribution < 1.29 is 9.63 Å². The number of carbonyl (C=O) groups is 1. The van der Waals surface area contributed by atoms with Gasteiger partial charge in [0.25, 0.3) is 5.91 Å². The predicted octanol–water partition coefficient (Wildman–Crippen LogP) is 2.45. The molecule has 0 fully saturated rings. The van der Waals surface area contributed by atoms with Gasteiger partial charge in [-0.2, -0.15) is 0 Å². The average molecular weight is 207 g/mol. The number of hydrogen-bond acceptors (Lipinski definition) is 2. The maximum atomic E-state index is 11.6. The number of rotatable bonds is 2. The highest BCUT2D eigenvalue weighted by atomic mass is 16.7. The van der Waals surface area contributed by atoms with Crippen LogP contribution >= 0.6 is 0 Å². The summed E-state index contributed by atoms with van der Waals surface area (Å²) in [5, 5.41) is 0. The maximum absolute atomic E-state index is 11.6. The molecule has 0 aromatic heterocycles. The van der Waals surface area contributed by atoms with Crippen LogP contribution in [0.4, 0.5) is 0 Å². The van der Waals surface area contributed by atoms with Gasteiger partial charge in [0, 0.05) is 5.56 Å². The predicted molar refractivity (Wildman–Crippen MR) is 59.5 cm³/mol. The van der Waals surface area contributed by atoms with Crippen molar-refractivity contribution in [3.8, 4) is 0 Å². The van der Waals surface area contributed by atoms with Gasteiger partial charge in [-0.15, -0.1) is 0 Å². The Balaban J connectivity index is 2.62. The van der Waals surface area contributed by atoms with Gasteiger partial charge in [-0.3, -0.25) is 9.63 Å². The summed E-state index contributed by atoms with van der Waals surface area (Å²) in [6, 6.07) is 7.37. The SMILES string of the molecule is Cc1cccc(C(=O)NOC(C)(C)C)c1. The third kappa shape index (κ3) is 4.13. The van der Waals surface area contributed by atoms with Crippen LogP contribution in [0.1, 0.15) is 36.7 Å². The normalized spacial score (nSPS) is 11.2. The Morgan fingerprint density at radius 2 is 2.00 bits per heavy atom. The summed E-state index contributed by atoms with van der Waals surface area (Å²) in [6.45, 7) is 7.58. The molecule has 0 bridgehead atoms. The molecule has 0 saturated carbocycles. The van der Waals surface area contributed by atoms with Crippen molar-refractivity contribution in [2.24, 2.45) is 0 Å². The van der Waals surface area contributed by atoms with E-state index in [-0.39, 0.29) is 11.5 Å². The van der Waals surface area contributed by atoms with Crippen LogP contribution in [0.3, 0.4) is 0 Å². The first-order valence-electron chi connectivity index (χ1n) is 4.93. The van der Waals surface area contributed by atoms with Crippen LogP contribution in [0.15, 0.2) is 24.3 Å². The Morgan fingerprint density at radius 3 is 2.53 bits per heavy atom.